The first-order valence-electron chi connectivity index (χ1n) is 11.3. The summed E-state index contributed by atoms with van der Waals surface area (Å²) in [6, 6.07) is 8.16. The van der Waals surface area contributed by atoms with Crippen molar-refractivity contribution < 1.29 is 26.7 Å². The molecule has 38 heavy (non-hydrogen) atoms. The van der Waals surface area contributed by atoms with E-state index >= 15 is 0 Å². The summed E-state index contributed by atoms with van der Waals surface area (Å²) in [5.41, 5.74) is -0.490. The van der Waals surface area contributed by atoms with Crippen molar-refractivity contribution in [1.29, 1.82) is 0 Å². The highest BCUT2D eigenvalue weighted by Crippen LogP contribution is 2.41. The third-order valence-corrected chi connectivity index (χ3v) is 6.20. The molecule has 0 unspecified atom stereocenters. The number of rotatable bonds is 4. The number of nitrogens with one attached hydrogen (secondary N) is 1. The average Bonchev–Trinajstić information content (AvgIpc) is 3.29. The number of aromatic nitrogens is 4. The summed E-state index contributed by atoms with van der Waals surface area (Å²) in [4.78, 5) is 24.4. The van der Waals surface area contributed by atoms with Gasteiger partial charge in [0.1, 0.15) is 5.75 Å². The lowest BCUT2D eigenvalue weighted by Gasteiger charge is -2.18. The maximum atomic E-state index is 14.1. The van der Waals surface area contributed by atoms with Gasteiger partial charge in [-0.15, -0.1) is 0 Å². The SMILES string of the molecule is Cc1cn(-c2cccc3[nH]c(-c4c(Oc5ccc(F)c(F)c5C)ncc(C(F)(F)F)c4C)cc(=O)c23)cn1. The Balaban J connectivity index is 1.74. The monoisotopic (exact) mass is 526 g/mol. The van der Waals surface area contributed by atoms with Crippen molar-refractivity contribution in [3.63, 3.8) is 0 Å². The molecule has 2 aromatic carbocycles. The molecule has 3 aromatic heterocycles. The molecule has 3 heterocycles. The Kier molecular flexibility index (Phi) is 6.01. The predicted molar refractivity (Wildman–Crippen MR) is 131 cm³/mol. The predicted octanol–water partition coefficient (Wildman–Crippen LogP) is 6.79. The summed E-state index contributed by atoms with van der Waals surface area (Å²) in [5, 5.41) is 0.296. The van der Waals surface area contributed by atoms with E-state index in [1.54, 1.807) is 42.2 Å². The van der Waals surface area contributed by atoms with Gasteiger partial charge in [-0.05, 0) is 50.6 Å². The average molecular weight is 526 g/mol. The molecule has 11 heteroatoms. The van der Waals surface area contributed by atoms with Gasteiger partial charge in [-0.2, -0.15) is 13.2 Å². The third-order valence-electron chi connectivity index (χ3n) is 6.20. The van der Waals surface area contributed by atoms with Crippen LogP contribution in [0.15, 0.2) is 59.9 Å². The number of hydrogen-bond acceptors (Lipinski definition) is 4. The number of halogens is 5. The summed E-state index contributed by atoms with van der Waals surface area (Å²) in [6.45, 7) is 4.28. The zero-order chi connectivity index (χ0) is 27.4. The molecule has 0 radical (unpaired) electrons. The van der Waals surface area contributed by atoms with Gasteiger partial charge in [0.05, 0.1) is 45.4 Å². The molecule has 0 fully saturated rings. The number of nitrogens with zero attached hydrogens (tertiary/aromatic N) is 3. The fraction of sp³-hybridized carbons (Fsp3) is 0.148. The van der Waals surface area contributed by atoms with E-state index in [4.69, 9.17) is 4.74 Å². The fourth-order valence-electron chi connectivity index (χ4n) is 4.30. The van der Waals surface area contributed by atoms with Gasteiger partial charge in [0.25, 0.3) is 0 Å². The Bertz CT molecular complexity index is 1770. The van der Waals surface area contributed by atoms with Crippen molar-refractivity contribution in [3.8, 4) is 28.6 Å². The first-order valence-corrected chi connectivity index (χ1v) is 11.3. The Labute approximate surface area is 212 Å². The van der Waals surface area contributed by atoms with Crippen LogP contribution in [0.3, 0.4) is 0 Å². The van der Waals surface area contributed by atoms with Gasteiger partial charge in [0.15, 0.2) is 17.1 Å². The van der Waals surface area contributed by atoms with Gasteiger partial charge >= 0.3 is 6.18 Å². The minimum atomic E-state index is -4.74. The Morgan fingerprint density at radius 3 is 2.45 bits per heavy atom. The van der Waals surface area contributed by atoms with E-state index in [0.29, 0.717) is 22.8 Å². The number of aryl methyl sites for hydroxylation is 1. The smallest absolute Gasteiger partial charge is 0.418 e. The van der Waals surface area contributed by atoms with Gasteiger partial charge < -0.3 is 14.3 Å². The van der Waals surface area contributed by atoms with Crippen molar-refractivity contribution in [2.24, 2.45) is 0 Å². The minimum absolute atomic E-state index is 0.00722. The van der Waals surface area contributed by atoms with E-state index in [0.717, 1.165) is 23.9 Å². The maximum Gasteiger partial charge on any atom is 0.418 e. The summed E-state index contributed by atoms with van der Waals surface area (Å²) >= 11 is 0. The van der Waals surface area contributed by atoms with Crippen molar-refractivity contribution in [2.45, 2.75) is 26.9 Å². The van der Waals surface area contributed by atoms with Gasteiger partial charge in [0.2, 0.25) is 5.88 Å². The Hall–Kier alpha value is -4.54. The van der Waals surface area contributed by atoms with Crippen molar-refractivity contribution in [3.05, 3.63) is 99.4 Å². The molecule has 0 saturated heterocycles. The highest BCUT2D eigenvalue weighted by atomic mass is 19.4. The number of imidazole rings is 1. The molecular weight excluding hydrogens is 507 g/mol. The van der Waals surface area contributed by atoms with Crippen LogP contribution in [0.5, 0.6) is 11.6 Å². The maximum absolute atomic E-state index is 14.1. The van der Waals surface area contributed by atoms with Crippen LogP contribution in [0.4, 0.5) is 22.0 Å². The third kappa shape index (κ3) is 4.29. The van der Waals surface area contributed by atoms with E-state index in [2.05, 4.69) is 15.0 Å². The minimum Gasteiger partial charge on any atom is -0.438 e. The largest absolute Gasteiger partial charge is 0.438 e. The number of aromatic amines is 1. The normalized spacial score (nSPS) is 11.8. The van der Waals surface area contributed by atoms with Crippen LogP contribution in [-0.2, 0) is 6.18 Å². The molecule has 5 aromatic rings. The number of fused-ring (bicyclic) bond motifs is 1. The molecule has 0 aliphatic rings. The molecule has 1 N–H and O–H groups in total. The first-order chi connectivity index (χ1) is 18.0. The van der Waals surface area contributed by atoms with E-state index in [1.165, 1.54) is 13.8 Å². The standard InChI is InChI=1S/C27H19F5N4O2/c1-13-11-36(12-34-13)20-6-4-5-18-24(20)21(37)9-19(35-18)23-14(2)16(27(30,31)32)10-33-26(23)38-22-8-7-17(28)25(29)15(22)3/h4-12H,1-3H3,(H,35,37). The molecular formula is C27H19F5N4O2. The van der Waals surface area contributed by atoms with E-state index in [9.17, 15) is 26.7 Å². The molecule has 6 nitrogen and oxygen atoms in total. The number of H-pyrrole nitrogens is 1. The first kappa shape index (κ1) is 25.1. The summed E-state index contributed by atoms with van der Waals surface area (Å²) in [7, 11) is 0. The van der Waals surface area contributed by atoms with Crippen molar-refractivity contribution in [2.75, 3.05) is 0 Å². The topological polar surface area (TPSA) is 72.8 Å². The Morgan fingerprint density at radius 1 is 1.00 bits per heavy atom. The highest BCUT2D eigenvalue weighted by Gasteiger charge is 2.35. The quantitative estimate of drug-likeness (QED) is 0.262. The van der Waals surface area contributed by atoms with Gasteiger partial charge in [0, 0.05) is 24.0 Å². The highest BCUT2D eigenvalue weighted by molar-refractivity contribution is 5.89. The molecule has 0 saturated carbocycles. The molecule has 0 aliphatic carbocycles. The van der Waals surface area contributed by atoms with Gasteiger partial charge in [-0.3, -0.25) is 4.79 Å². The zero-order valence-electron chi connectivity index (χ0n) is 20.2. The summed E-state index contributed by atoms with van der Waals surface area (Å²) in [6.07, 6.45) is -0.860. The van der Waals surface area contributed by atoms with Gasteiger partial charge in [-0.25, -0.2) is 18.7 Å². The number of hydrogen-bond donors (Lipinski definition) is 1. The van der Waals surface area contributed by atoms with Gasteiger partial charge in [-0.1, -0.05) is 6.07 Å². The second kappa shape index (κ2) is 9.09. The van der Waals surface area contributed by atoms with E-state index in [1.807, 2.05) is 0 Å². The van der Waals surface area contributed by atoms with Crippen molar-refractivity contribution in [1.82, 2.24) is 19.5 Å². The van der Waals surface area contributed by atoms with Crippen LogP contribution in [0.25, 0.3) is 27.8 Å². The van der Waals surface area contributed by atoms with Crippen LogP contribution in [0, 0.1) is 32.4 Å². The molecule has 0 bridgehead atoms. The fourth-order valence-corrected chi connectivity index (χ4v) is 4.30. The molecule has 0 aliphatic heterocycles. The van der Waals surface area contributed by atoms with E-state index < -0.39 is 28.8 Å². The van der Waals surface area contributed by atoms with Crippen LogP contribution in [0.1, 0.15) is 22.4 Å². The van der Waals surface area contributed by atoms with Crippen LogP contribution in [-0.4, -0.2) is 19.5 Å². The number of pyridine rings is 2. The molecule has 0 atom stereocenters. The van der Waals surface area contributed by atoms with Crippen LogP contribution >= 0.6 is 0 Å². The zero-order valence-corrected chi connectivity index (χ0v) is 20.2. The molecule has 194 valence electrons. The molecule has 0 amide bonds. The van der Waals surface area contributed by atoms with E-state index in [-0.39, 0.29) is 34.0 Å². The molecule has 5 rings (SSSR count). The lowest BCUT2D eigenvalue weighted by Crippen LogP contribution is -2.12. The van der Waals surface area contributed by atoms with Crippen molar-refractivity contribution >= 4 is 10.9 Å². The molecule has 0 spiro atoms. The number of ether oxygens (including phenoxy) is 1. The number of benzene rings is 2. The van der Waals surface area contributed by atoms with Crippen LogP contribution < -0.4 is 10.2 Å². The number of alkyl halides is 3. The lowest BCUT2D eigenvalue weighted by atomic mass is 10.0. The summed E-state index contributed by atoms with van der Waals surface area (Å²) in [5.74, 6) is -2.72. The van der Waals surface area contributed by atoms with Crippen LogP contribution in [0.2, 0.25) is 0 Å². The Morgan fingerprint density at radius 2 is 1.76 bits per heavy atom. The second-order valence-corrected chi connectivity index (χ2v) is 8.73. The second-order valence-electron chi connectivity index (χ2n) is 8.73. The lowest BCUT2D eigenvalue weighted by molar-refractivity contribution is -0.138. The summed E-state index contributed by atoms with van der Waals surface area (Å²) < 4.78 is 76.5.